The molecular weight excluding hydrogens is 425 g/mol. The Kier molecular flexibility index (Phi) is 7.00. The summed E-state index contributed by atoms with van der Waals surface area (Å²) in [6, 6.07) is 10.2. The largest absolute Gasteiger partial charge is 0.481 e. The molecule has 0 radical (unpaired) electrons. The van der Waals surface area contributed by atoms with Gasteiger partial charge in [0.15, 0.2) is 6.10 Å². The summed E-state index contributed by atoms with van der Waals surface area (Å²) in [7, 11) is 0. The maximum absolute atomic E-state index is 13.1. The van der Waals surface area contributed by atoms with Crippen molar-refractivity contribution < 1.29 is 9.53 Å². The fourth-order valence-corrected chi connectivity index (χ4v) is 3.59. The molecule has 158 valence electrons. The number of benzene rings is 2. The van der Waals surface area contributed by atoms with Crippen LogP contribution in [0.1, 0.15) is 31.7 Å². The van der Waals surface area contributed by atoms with E-state index in [2.05, 4.69) is 9.97 Å². The number of carbonyl (C=O) groups is 1. The second-order valence-corrected chi connectivity index (χ2v) is 7.98. The molecule has 6 nitrogen and oxygen atoms in total. The van der Waals surface area contributed by atoms with E-state index in [0.29, 0.717) is 39.1 Å². The fraction of sp³-hybridized carbons (Fsp3) is 0.318. The summed E-state index contributed by atoms with van der Waals surface area (Å²) >= 11 is 12.0. The van der Waals surface area contributed by atoms with Crippen molar-refractivity contribution >= 4 is 40.0 Å². The van der Waals surface area contributed by atoms with Gasteiger partial charge in [-0.15, -0.1) is 0 Å². The lowest BCUT2D eigenvalue weighted by atomic mass is 10.2. The molecule has 1 unspecified atom stereocenters. The Hall–Kier alpha value is -2.57. The van der Waals surface area contributed by atoms with Gasteiger partial charge in [-0.2, -0.15) is 0 Å². The molecule has 1 aromatic heterocycles. The van der Waals surface area contributed by atoms with Gasteiger partial charge in [-0.1, -0.05) is 30.1 Å². The van der Waals surface area contributed by atoms with Gasteiger partial charge >= 0.3 is 0 Å². The number of hydrogen-bond acceptors (Lipinski definition) is 4. The zero-order valence-corrected chi connectivity index (χ0v) is 18.5. The predicted molar refractivity (Wildman–Crippen MR) is 119 cm³/mol. The Morgan fingerprint density at radius 2 is 1.90 bits per heavy atom. The van der Waals surface area contributed by atoms with Crippen LogP contribution in [0.3, 0.4) is 0 Å². The molecule has 3 aromatic rings. The lowest BCUT2D eigenvalue weighted by molar-refractivity contribution is -0.138. The molecule has 0 aliphatic rings. The van der Waals surface area contributed by atoms with E-state index in [1.807, 2.05) is 13.8 Å². The molecule has 1 heterocycles. The van der Waals surface area contributed by atoms with E-state index in [9.17, 15) is 9.59 Å². The molecule has 0 bridgehead atoms. The molecule has 0 aliphatic carbocycles. The second-order valence-electron chi connectivity index (χ2n) is 7.10. The Morgan fingerprint density at radius 1 is 1.20 bits per heavy atom. The molecular formula is C22H23Cl2N3O3. The summed E-state index contributed by atoms with van der Waals surface area (Å²) in [4.78, 5) is 34.3. The number of hydrogen-bond donors (Lipinski definition) is 1. The molecule has 0 aliphatic heterocycles. The van der Waals surface area contributed by atoms with Crippen LogP contribution in [0.4, 0.5) is 0 Å². The lowest BCUT2D eigenvalue weighted by Gasteiger charge is -2.26. The maximum atomic E-state index is 13.1. The van der Waals surface area contributed by atoms with Crippen LogP contribution in [0, 0.1) is 6.92 Å². The summed E-state index contributed by atoms with van der Waals surface area (Å²) in [6.45, 7) is 6.22. The number of H-pyrrole nitrogens is 1. The summed E-state index contributed by atoms with van der Waals surface area (Å²) in [6.07, 6.45) is 0.0419. The maximum Gasteiger partial charge on any atom is 0.263 e. The number of fused-ring (bicyclic) bond motifs is 1. The fourth-order valence-electron chi connectivity index (χ4n) is 3.20. The smallest absolute Gasteiger partial charge is 0.263 e. The van der Waals surface area contributed by atoms with Gasteiger partial charge in [0.2, 0.25) is 0 Å². The molecule has 0 saturated carbocycles. The summed E-state index contributed by atoms with van der Waals surface area (Å²) in [5.74, 6) is 0.801. The Morgan fingerprint density at radius 3 is 2.60 bits per heavy atom. The first-order valence-corrected chi connectivity index (χ1v) is 10.4. The van der Waals surface area contributed by atoms with E-state index in [-0.39, 0.29) is 18.0 Å². The van der Waals surface area contributed by atoms with Gasteiger partial charge in [-0.05, 0) is 62.2 Å². The SMILES string of the molecule is CCCN(Cc1nc2cc(Cl)ccc2c(=O)[nH]1)C(=O)C(C)Oc1ccc(Cl)cc1C. The number of ether oxygens (including phenoxy) is 1. The quantitative estimate of drug-likeness (QED) is 0.567. The van der Waals surface area contributed by atoms with Crippen molar-refractivity contribution in [3.63, 3.8) is 0 Å². The van der Waals surface area contributed by atoms with Crippen molar-refractivity contribution in [1.82, 2.24) is 14.9 Å². The first-order valence-electron chi connectivity index (χ1n) is 9.68. The zero-order chi connectivity index (χ0) is 21.8. The minimum absolute atomic E-state index is 0.164. The van der Waals surface area contributed by atoms with Crippen molar-refractivity contribution in [2.45, 2.75) is 39.8 Å². The van der Waals surface area contributed by atoms with Crippen molar-refractivity contribution in [2.24, 2.45) is 0 Å². The average Bonchev–Trinajstić information content (AvgIpc) is 2.68. The van der Waals surface area contributed by atoms with Crippen molar-refractivity contribution in [1.29, 1.82) is 0 Å². The molecule has 2 aromatic carbocycles. The minimum atomic E-state index is -0.710. The third-order valence-electron chi connectivity index (χ3n) is 4.65. The molecule has 3 rings (SSSR count). The molecule has 8 heteroatoms. The summed E-state index contributed by atoms with van der Waals surface area (Å²) < 4.78 is 5.88. The van der Waals surface area contributed by atoms with Gasteiger partial charge in [0.25, 0.3) is 11.5 Å². The summed E-state index contributed by atoms with van der Waals surface area (Å²) in [5.41, 5.74) is 1.07. The van der Waals surface area contributed by atoms with Crippen LogP contribution in [0.15, 0.2) is 41.2 Å². The lowest BCUT2D eigenvalue weighted by Crippen LogP contribution is -2.41. The van der Waals surface area contributed by atoms with E-state index in [0.717, 1.165) is 12.0 Å². The van der Waals surface area contributed by atoms with Crippen LogP contribution in [0.5, 0.6) is 5.75 Å². The molecule has 1 amide bonds. The highest BCUT2D eigenvalue weighted by atomic mass is 35.5. The highest BCUT2D eigenvalue weighted by Gasteiger charge is 2.23. The first-order chi connectivity index (χ1) is 14.3. The van der Waals surface area contributed by atoms with Gasteiger partial charge in [0, 0.05) is 16.6 Å². The third kappa shape index (κ3) is 5.12. The van der Waals surface area contributed by atoms with E-state index in [4.69, 9.17) is 27.9 Å². The average molecular weight is 448 g/mol. The Balaban J connectivity index is 1.81. The van der Waals surface area contributed by atoms with Crippen LogP contribution in [0.25, 0.3) is 10.9 Å². The molecule has 30 heavy (non-hydrogen) atoms. The van der Waals surface area contributed by atoms with Crippen molar-refractivity contribution in [3.05, 3.63) is 68.2 Å². The Labute approximate surface area is 184 Å². The molecule has 1 N–H and O–H groups in total. The number of halogens is 2. The molecule has 0 spiro atoms. The van der Waals surface area contributed by atoms with Gasteiger partial charge in [-0.3, -0.25) is 9.59 Å². The number of aryl methyl sites for hydroxylation is 1. The van der Waals surface area contributed by atoms with Crippen molar-refractivity contribution in [2.75, 3.05) is 6.54 Å². The number of amides is 1. The zero-order valence-electron chi connectivity index (χ0n) is 17.0. The molecule has 0 fully saturated rings. The van der Waals surface area contributed by atoms with Crippen LogP contribution < -0.4 is 10.3 Å². The third-order valence-corrected chi connectivity index (χ3v) is 5.12. The van der Waals surface area contributed by atoms with Gasteiger partial charge in [0.1, 0.15) is 11.6 Å². The minimum Gasteiger partial charge on any atom is -0.481 e. The highest BCUT2D eigenvalue weighted by Crippen LogP contribution is 2.23. The summed E-state index contributed by atoms with van der Waals surface area (Å²) in [5, 5.41) is 1.55. The molecule has 1 atom stereocenters. The highest BCUT2D eigenvalue weighted by molar-refractivity contribution is 6.31. The number of carbonyl (C=O) groups excluding carboxylic acids is 1. The monoisotopic (exact) mass is 447 g/mol. The van der Waals surface area contributed by atoms with E-state index >= 15 is 0 Å². The second kappa shape index (κ2) is 9.49. The van der Waals surface area contributed by atoms with Gasteiger partial charge in [0.05, 0.1) is 17.4 Å². The standard InChI is InChI=1S/C22H23Cl2N3O3/c1-4-9-27(22(29)14(3)30-19-8-6-15(23)10-13(19)2)12-20-25-18-11-16(24)5-7-17(18)21(28)26-20/h5-8,10-11,14H,4,9,12H2,1-3H3,(H,25,26,28). The van der Waals surface area contributed by atoms with Crippen LogP contribution in [-0.2, 0) is 11.3 Å². The van der Waals surface area contributed by atoms with Crippen LogP contribution in [0.2, 0.25) is 10.0 Å². The first kappa shape index (κ1) is 22.1. The van der Waals surface area contributed by atoms with Crippen LogP contribution in [-0.4, -0.2) is 33.4 Å². The van der Waals surface area contributed by atoms with Crippen molar-refractivity contribution in [3.8, 4) is 5.75 Å². The number of nitrogens with zero attached hydrogens (tertiary/aromatic N) is 2. The Bertz CT molecular complexity index is 1130. The topological polar surface area (TPSA) is 75.3 Å². The number of aromatic amines is 1. The number of aromatic nitrogens is 2. The molecule has 0 saturated heterocycles. The van der Waals surface area contributed by atoms with E-state index in [1.54, 1.807) is 48.2 Å². The predicted octanol–water partition coefficient (Wildman–Crippen LogP) is 4.74. The normalized spacial score (nSPS) is 12.0. The van der Waals surface area contributed by atoms with E-state index in [1.165, 1.54) is 0 Å². The van der Waals surface area contributed by atoms with Gasteiger partial charge < -0.3 is 14.6 Å². The van der Waals surface area contributed by atoms with Crippen LogP contribution >= 0.6 is 23.2 Å². The number of nitrogens with one attached hydrogen (secondary N) is 1. The van der Waals surface area contributed by atoms with Gasteiger partial charge in [-0.25, -0.2) is 4.98 Å². The number of rotatable bonds is 7. The van der Waals surface area contributed by atoms with E-state index < -0.39 is 6.10 Å².